The van der Waals surface area contributed by atoms with Gasteiger partial charge in [0.2, 0.25) is 5.91 Å². The van der Waals surface area contributed by atoms with Gasteiger partial charge in [0, 0.05) is 30.9 Å². The van der Waals surface area contributed by atoms with E-state index in [1.807, 2.05) is 17.6 Å². The van der Waals surface area contributed by atoms with E-state index in [2.05, 4.69) is 16.3 Å². The summed E-state index contributed by atoms with van der Waals surface area (Å²) in [7, 11) is 1.63. The number of hydrogen-bond donors (Lipinski definition) is 0. The van der Waals surface area contributed by atoms with Crippen molar-refractivity contribution in [1.82, 2.24) is 14.8 Å². The minimum atomic E-state index is -0.103. The molecule has 1 aromatic heterocycles. The molecule has 0 atom stereocenters. The summed E-state index contributed by atoms with van der Waals surface area (Å²) in [4.78, 5) is 14.4. The summed E-state index contributed by atoms with van der Waals surface area (Å²) in [5.41, 5.74) is 1.61. The smallest absolute Gasteiger partial charge is 0.237 e. The molecule has 0 saturated heterocycles. The fraction of sp³-hybridized carbons (Fsp3) is 0.412. The normalized spacial score (nSPS) is 10.5. The van der Waals surface area contributed by atoms with E-state index in [0.717, 1.165) is 11.3 Å². The average Bonchev–Trinajstić information content (AvgIpc) is 3.08. The van der Waals surface area contributed by atoms with Crippen molar-refractivity contribution in [2.45, 2.75) is 25.0 Å². The van der Waals surface area contributed by atoms with Gasteiger partial charge in [0.1, 0.15) is 6.33 Å². The Morgan fingerprint density at radius 1 is 1.50 bits per heavy atom. The van der Waals surface area contributed by atoms with Crippen LogP contribution >= 0.6 is 23.4 Å². The first-order valence-corrected chi connectivity index (χ1v) is 9.36. The van der Waals surface area contributed by atoms with E-state index in [9.17, 15) is 4.79 Å². The first-order chi connectivity index (χ1) is 12.6. The number of benzene rings is 1. The van der Waals surface area contributed by atoms with Crippen molar-refractivity contribution < 1.29 is 9.53 Å². The molecule has 1 aromatic carbocycles. The highest BCUT2D eigenvalue weighted by atomic mass is 35.5. The number of nitriles is 1. The van der Waals surface area contributed by atoms with Gasteiger partial charge in [-0.15, -0.1) is 10.2 Å². The van der Waals surface area contributed by atoms with Crippen LogP contribution in [0.3, 0.4) is 0 Å². The van der Waals surface area contributed by atoms with Crippen LogP contribution < -0.4 is 4.90 Å². The lowest BCUT2D eigenvalue weighted by Gasteiger charge is -2.22. The van der Waals surface area contributed by atoms with Crippen LogP contribution in [0.2, 0.25) is 5.02 Å². The summed E-state index contributed by atoms with van der Waals surface area (Å²) in [5, 5.41) is 18.1. The molecule has 0 saturated carbocycles. The Labute approximate surface area is 161 Å². The summed E-state index contributed by atoms with van der Waals surface area (Å²) in [6.45, 7) is 3.37. The predicted molar refractivity (Wildman–Crippen MR) is 101 cm³/mol. The third-order valence-corrected chi connectivity index (χ3v) is 5.03. The molecule has 0 fully saturated rings. The lowest BCUT2D eigenvalue weighted by atomic mass is 10.2. The van der Waals surface area contributed by atoms with Gasteiger partial charge in [-0.3, -0.25) is 4.79 Å². The Bertz CT molecular complexity index is 790. The van der Waals surface area contributed by atoms with Gasteiger partial charge in [-0.2, -0.15) is 5.26 Å². The first-order valence-electron chi connectivity index (χ1n) is 7.99. The zero-order chi connectivity index (χ0) is 18.9. The zero-order valence-corrected chi connectivity index (χ0v) is 16.3. The fourth-order valence-corrected chi connectivity index (χ4v) is 3.19. The number of nitrogens with zero attached hydrogens (tertiary/aromatic N) is 5. The van der Waals surface area contributed by atoms with Gasteiger partial charge in [-0.1, -0.05) is 23.4 Å². The standard InChI is InChI=1S/C17H20ClN5O2S/c1-13-10-14(4-5-15(13)18)23(7-3-6-19)16(24)11-26-17-21-20-12-22(17)8-9-25-2/h4-5,10,12H,3,7-9,11H2,1-2H3. The summed E-state index contributed by atoms with van der Waals surface area (Å²) < 4.78 is 6.90. The summed E-state index contributed by atoms with van der Waals surface area (Å²) >= 11 is 7.38. The van der Waals surface area contributed by atoms with E-state index in [1.54, 1.807) is 30.5 Å². The highest BCUT2D eigenvalue weighted by molar-refractivity contribution is 7.99. The molecule has 2 aromatic rings. The molecule has 7 nitrogen and oxygen atoms in total. The molecule has 0 radical (unpaired) electrons. The monoisotopic (exact) mass is 393 g/mol. The summed E-state index contributed by atoms with van der Waals surface area (Å²) in [5.74, 6) is 0.0898. The molecule has 9 heteroatoms. The van der Waals surface area contributed by atoms with Gasteiger partial charge in [-0.05, 0) is 30.7 Å². The number of ether oxygens (including phenoxy) is 1. The van der Waals surface area contributed by atoms with Crippen LogP contribution in [0, 0.1) is 18.3 Å². The number of aryl methyl sites for hydroxylation is 1. The van der Waals surface area contributed by atoms with Crippen LogP contribution in [0.1, 0.15) is 12.0 Å². The maximum Gasteiger partial charge on any atom is 0.237 e. The van der Waals surface area contributed by atoms with E-state index in [1.165, 1.54) is 11.8 Å². The Hall–Kier alpha value is -2.08. The minimum absolute atomic E-state index is 0.103. The summed E-state index contributed by atoms with van der Waals surface area (Å²) in [6.07, 6.45) is 1.87. The largest absolute Gasteiger partial charge is 0.383 e. The maximum absolute atomic E-state index is 12.7. The number of carbonyl (C=O) groups excluding carboxylic acids is 1. The number of thioether (sulfide) groups is 1. The van der Waals surface area contributed by atoms with Gasteiger partial charge in [-0.25, -0.2) is 0 Å². The molecule has 1 amide bonds. The molecule has 138 valence electrons. The third kappa shape index (κ3) is 5.46. The van der Waals surface area contributed by atoms with E-state index < -0.39 is 0 Å². The molecule has 0 bridgehead atoms. The van der Waals surface area contributed by atoms with E-state index in [0.29, 0.717) is 29.9 Å². The third-order valence-electron chi connectivity index (χ3n) is 3.64. The predicted octanol–water partition coefficient (Wildman–Crippen LogP) is 2.93. The highest BCUT2D eigenvalue weighted by Gasteiger charge is 2.18. The lowest BCUT2D eigenvalue weighted by molar-refractivity contribution is -0.116. The number of amides is 1. The van der Waals surface area contributed by atoms with E-state index >= 15 is 0 Å². The van der Waals surface area contributed by atoms with Crippen molar-refractivity contribution in [1.29, 1.82) is 5.26 Å². The van der Waals surface area contributed by atoms with Crippen LogP contribution in [0.4, 0.5) is 5.69 Å². The molecule has 1 heterocycles. The van der Waals surface area contributed by atoms with Gasteiger partial charge < -0.3 is 14.2 Å². The van der Waals surface area contributed by atoms with Crippen molar-refractivity contribution in [3.8, 4) is 6.07 Å². The Morgan fingerprint density at radius 2 is 2.31 bits per heavy atom. The average molecular weight is 394 g/mol. The maximum atomic E-state index is 12.7. The number of rotatable bonds is 9. The van der Waals surface area contributed by atoms with Crippen molar-refractivity contribution >= 4 is 35.0 Å². The Balaban J connectivity index is 2.08. The molecule has 0 spiro atoms. The van der Waals surface area contributed by atoms with Crippen molar-refractivity contribution in [3.63, 3.8) is 0 Å². The first kappa shape index (κ1) is 20.2. The molecule has 26 heavy (non-hydrogen) atoms. The van der Waals surface area contributed by atoms with E-state index in [-0.39, 0.29) is 18.1 Å². The quantitative estimate of drug-likeness (QED) is 0.609. The SMILES string of the molecule is COCCn1cnnc1SCC(=O)N(CCC#N)c1ccc(Cl)c(C)c1. The molecular formula is C17H20ClN5O2S. The molecule has 0 aliphatic carbocycles. The van der Waals surface area contributed by atoms with Crippen LogP contribution in [0.15, 0.2) is 29.7 Å². The second-order valence-electron chi connectivity index (χ2n) is 5.48. The van der Waals surface area contributed by atoms with E-state index in [4.69, 9.17) is 21.6 Å². The molecular weight excluding hydrogens is 374 g/mol. The number of carbonyl (C=O) groups is 1. The van der Waals surface area contributed by atoms with Gasteiger partial charge in [0.25, 0.3) is 0 Å². The summed E-state index contributed by atoms with van der Waals surface area (Å²) in [6, 6.07) is 7.48. The number of halogens is 1. The van der Waals surface area contributed by atoms with Crippen LogP contribution in [-0.2, 0) is 16.1 Å². The van der Waals surface area contributed by atoms with Crippen molar-refractivity contribution in [3.05, 3.63) is 35.1 Å². The molecule has 0 N–H and O–H groups in total. The van der Waals surface area contributed by atoms with Crippen molar-refractivity contribution in [2.24, 2.45) is 0 Å². The number of anilines is 1. The highest BCUT2D eigenvalue weighted by Crippen LogP contribution is 2.24. The fourth-order valence-electron chi connectivity index (χ4n) is 2.26. The second kappa shape index (κ2) is 10.2. The van der Waals surface area contributed by atoms with Gasteiger partial charge >= 0.3 is 0 Å². The number of aromatic nitrogens is 3. The van der Waals surface area contributed by atoms with Crippen molar-refractivity contribution in [2.75, 3.05) is 30.9 Å². The minimum Gasteiger partial charge on any atom is -0.383 e. The van der Waals surface area contributed by atoms with Gasteiger partial charge in [0.15, 0.2) is 5.16 Å². The number of methoxy groups -OCH3 is 1. The van der Waals surface area contributed by atoms with Gasteiger partial charge in [0.05, 0.1) is 24.8 Å². The van der Waals surface area contributed by atoms with Crippen LogP contribution in [0.25, 0.3) is 0 Å². The van der Waals surface area contributed by atoms with Crippen LogP contribution in [-0.4, -0.2) is 46.7 Å². The molecule has 0 unspecified atom stereocenters. The second-order valence-corrected chi connectivity index (χ2v) is 6.83. The topological polar surface area (TPSA) is 84.0 Å². The Kier molecular flexibility index (Phi) is 7.91. The zero-order valence-electron chi connectivity index (χ0n) is 14.7. The van der Waals surface area contributed by atoms with Crippen LogP contribution in [0.5, 0.6) is 0 Å². The molecule has 0 aliphatic heterocycles. The lowest BCUT2D eigenvalue weighted by Crippen LogP contribution is -2.33. The Morgan fingerprint density at radius 3 is 3.00 bits per heavy atom. The molecule has 2 rings (SSSR count). The number of hydrogen-bond acceptors (Lipinski definition) is 6. The molecule has 0 aliphatic rings.